The van der Waals surface area contributed by atoms with Crippen LogP contribution in [0.3, 0.4) is 0 Å². The number of hydrogen-bond donors (Lipinski definition) is 3. The molecule has 1 aromatic rings. The lowest BCUT2D eigenvalue weighted by Gasteiger charge is -2.16. The van der Waals surface area contributed by atoms with Crippen LogP contribution < -0.4 is 11.1 Å². The largest absolute Gasteiger partial charge is 0.399 e. The van der Waals surface area contributed by atoms with E-state index in [1.807, 2.05) is 13.8 Å². The maximum atomic E-state index is 13.3. The maximum Gasteiger partial charge on any atom is 0.151 e. The SMILES string of the molecule is CC(C)C(O)CNc1c(F)cc(N)cc1F. The minimum atomic E-state index is -0.756. The first-order valence-electron chi connectivity index (χ1n) is 5.08. The molecule has 0 saturated carbocycles. The molecule has 0 aromatic heterocycles. The van der Waals surface area contributed by atoms with Crippen molar-refractivity contribution in [1.82, 2.24) is 0 Å². The average molecular weight is 230 g/mol. The lowest BCUT2D eigenvalue weighted by atomic mass is 10.1. The van der Waals surface area contributed by atoms with Crippen LogP contribution in [0.5, 0.6) is 0 Å². The van der Waals surface area contributed by atoms with Crippen LogP contribution >= 0.6 is 0 Å². The molecule has 90 valence electrons. The number of halogens is 2. The summed E-state index contributed by atoms with van der Waals surface area (Å²) in [4.78, 5) is 0. The first-order chi connectivity index (χ1) is 7.41. The summed E-state index contributed by atoms with van der Waals surface area (Å²) in [6, 6.07) is 2.07. The standard InChI is InChI=1S/C11H16F2N2O/c1-6(2)10(16)5-15-11-8(12)3-7(14)4-9(11)13/h3-4,6,10,15-16H,5,14H2,1-2H3. The number of anilines is 2. The molecular formula is C11H16F2N2O. The molecule has 0 bridgehead atoms. The number of nitrogens with two attached hydrogens (primary N) is 1. The minimum Gasteiger partial charge on any atom is -0.399 e. The van der Waals surface area contributed by atoms with Gasteiger partial charge in [-0.25, -0.2) is 8.78 Å². The summed E-state index contributed by atoms with van der Waals surface area (Å²) >= 11 is 0. The van der Waals surface area contributed by atoms with Crippen molar-refractivity contribution in [3.63, 3.8) is 0 Å². The van der Waals surface area contributed by atoms with Crippen molar-refractivity contribution in [2.45, 2.75) is 20.0 Å². The van der Waals surface area contributed by atoms with Gasteiger partial charge in [-0.3, -0.25) is 0 Å². The molecule has 0 heterocycles. The summed E-state index contributed by atoms with van der Waals surface area (Å²) in [6.45, 7) is 3.74. The zero-order valence-electron chi connectivity index (χ0n) is 9.30. The molecule has 1 atom stereocenters. The molecule has 1 rings (SSSR count). The molecule has 0 saturated heterocycles. The third-order valence-electron chi connectivity index (χ3n) is 2.32. The molecule has 4 N–H and O–H groups in total. The highest BCUT2D eigenvalue weighted by Gasteiger charge is 2.13. The number of rotatable bonds is 4. The minimum absolute atomic E-state index is 0.0207. The number of hydrogen-bond acceptors (Lipinski definition) is 3. The highest BCUT2D eigenvalue weighted by Crippen LogP contribution is 2.22. The fourth-order valence-electron chi connectivity index (χ4n) is 1.20. The predicted molar refractivity (Wildman–Crippen MR) is 60.1 cm³/mol. The van der Waals surface area contributed by atoms with Gasteiger partial charge in [-0.1, -0.05) is 13.8 Å². The van der Waals surface area contributed by atoms with E-state index in [2.05, 4.69) is 5.32 Å². The van der Waals surface area contributed by atoms with Gasteiger partial charge in [0, 0.05) is 12.2 Å². The third-order valence-corrected chi connectivity index (χ3v) is 2.32. The molecule has 3 nitrogen and oxygen atoms in total. The monoisotopic (exact) mass is 230 g/mol. The van der Waals surface area contributed by atoms with Gasteiger partial charge in [0.2, 0.25) is 0 Å². The van der Waals surface area contributed by atoms with Crippen molar-refractivity contribution < 1.29 is 13.9 Å². The first kappa shape index (κ1) is 12.7. The molecule has 0 aliphatic heterocycles. The molecule has 0 spiro atoms. The van der Waals surface area contributed by atoms with E-state index in [-0.39, 0.29) is 23.8 Å². The number of nitrogen functional groups attached to an aromatic ring is 1. The second kappa shape index (κ2) is 5.12. The van der Waals surface area contributed by atoms with Crippen LogP contribution in [0.1, 0.15) is 13.8 Å². The van der Waals surface area contributed by atoms with Gasteiger partial charge >= 0.3 is 0 Å². The quantitative estimate of drug-likeness (QED) is 0.693. The topological polar surface area (TPSA) is 58.3 Å². The van der Waals surface area contributed by atoms with Gasteiger partial charge in [0.1, 0.15) is 5.69 Å². The summed E-state index contributed by atoms with van der Waals surface area (Å²) in [6.07, 6.45) is -0.656. The Morgan fingerprint density at radius 2 is 1.81 bits per heavy atom. The summed E-state index contributed by atoms with van der Waals surface area (Å²) in [7, 11) is 0. The highest BCUT2D eigenvalue weighted by molar-refractivity contribution is 5.54. The Hall–Kier alpha value is -1.36. The molecule has 5 heteroatoms. The second-order valence-electron chi connectivity index (χ2n) is 4.05. The molecule has 0 radical (unpaired) electrons. The molecule has 0 aliphatic carbocycles. The van der Waals surface area contributed by atoms with Gasteiger partial charge in [0.05, 0.1) is 6.10 Å². The molecule has 0 amide bonds. The van der Waals surface area contributed by atoms with E-state index >= 15 is 0 Å². The van der Waals surface area contributed by atoms with E-state index in [9.17, 15) is 13.9 Å². The molecular weight excluding hydrogens is 214 g/mol. The van der Waals surface area contributed by atoms with Crippen LogP contribution in [-0.4, -0.2) is 17.8 Å². The summed E-state index contributed by atoms with van der Waals surface area (Å²) in [5.41, 5.74) is 5.05. The van der Waals surface area contributed by atoms with Crippen LogP contribution in [0, 0.1) is 17.6 Å². The highest BCUT2D eigenvalue weighted by atomic mass is 19.1. The fourth-order valence-corrected chi connectivity index (χ4v) is 1.20. The van der Waals surface area contributed by atoms with Crippen LogP contribution in [0.4, 0.5) is 20.2 Å². The second-order valence-corrected chi connectivity index (χ2v) is 4.05. The van der Waals surface area contributed by atoms with Crippen molar-refractivity contribution in [2.75, 3.05) is 17.6 Å². The van der Waals surface area contributed by atoms with Gasteiger partial charge in [-0.05, 0) is 18.1 Å². The Labute approximate surface area is 93.3 Å². The van der Waals surface area contributed by atoms with Gasteiger partial charge in [-0.2, -0.15) is 0 Å². The predicted octanol–water partition coefficient (Wildman–Crippen LogP) is 1.98. The van der Waals surface area contributed by atoms with Crippen LogP contribution in [0.25, 0.3) is 0 Å². The van der Waals surface area contributed by atoms with Crippen molar-refractivity contribution in [3.05, 3.63) is 23.8 Å². The number of aliphatic hydroxyl groups is 1. The van der Waals surface area contributed by atoms with Gasteiger partial charge in [-0.15, -0.1) is 0 Å². The molecule has 16 heavy (non-hydrogen) atoms. The van der Waals surface area contributed by atoms with Gasteiger partial charge in [0.25, 0.3) is 0 Å². The Kier molecular flexibility index (Phi) is 4.06. The number of nitrogens with one attached hydrogen (secondary N) is 1. The lowest BCUT2D eigenvalue weighted by molar-refractivity contribution is 0.138. The van der Waals surface area contributed by atoms with E-state index in [0.29, 0.717) is 0 Å². The van der Waals surface area contributed by atoms with E-state index in [0.717, 1.165) is 12.1 Å². The fraction of sp³-hybridized carbons (Fsp3) is 0.455. The third kappa shape index (κ3) is 3.06. The van der Waals surface area contributed by atoms with Gasteiger partial charge < -0.3 is 16.2 Å². The van der Waals surface area contributed by atoms with E-state index in [1.165, 1.54) is 0 Å². The van der Waals surface area contributed by atoms with E-state index in [4.69, 9.17) is 5.73 Å². The summed E-state index contributed by atoms with van der Waals surface area (Å²) in [5, 5.41) is 12.0. The van der Waals surface area contributed by atoms with Crippen LogP contribution in [0.15, 0.2) is 12.1 Å². The van der Waals surface area contributed by atoms with Crippen molar-refractivity contribution >= 4 is 11.4 Å². The van der Waals surface area contributed by atoms with E-state index in [1.54, 1.807) is 0 Å². The summed E-state index contributed by atoms with van der Waals surface area (Å²) in [5.74, 6) is -1.49. The summed E-state index contributed by atoms with van der Waals surface area (Å²) < 4.78 is 26.6. The lowest BCUT2D eigenvalue weighted by Crippen LogP contribution is -2.25. The molecule has 1 unspecified atom stereocenters. The Morgan fingerprint density at radius 1 is 1.31 bits per heavy atom. The van der Waals surface area contributed by atoms with Gasteiger partial charge in [0.15, 0.2) is 11.6 Å². The maximum absolute atomic E-state index is 13.3. The van der Waals surface area contributed by atoms with Crippen molar-refractivity contribution in [3.8, 4) is 0 Å². The van der Waals surface area contributed by atoms with Crippen LogP contribution in [-0.2, 0) is 0 Å². The Bertz CT molecular complexity index is 346. The molecule has 0 fully saturated rings. The first-order valence-corrected chi connectivity index (χ1v) is 5.08. The number of benzene rings is 1. The zero-order valence-corrected chi connectivity index (χ0v) is 9.30. The smallest absolute Gasteiger partial charge is 0.151 e. The van der Waals surface area contributed by atoms with E-state index < -0.39 is 17.7 Å². The van der Waals surface area contributed by atoms with Crippen LogP contribution in [0.2, 0.25) is 0 Å². The Morgan fingerprint density at radius 3 is 2.25 bits per heavy atom. The zero-order chi connectivity index (χ0) is 12.3. The molecule has 1 aromatic carbocycles. The Balaban J connectivity index is 2.74. The van der Waals surface area contributed by atoms with Crippen molar-refractivity contribution in [2.24, 2.45) is 5.92 Å². The average Bonchev–Trinajstić information content (AvgIpc) is 2.15. The van der Waals surface area contributed by atoms with Crippen molar-refractivity contribution in [1.29, 1.82) is 0 Å². The normalized spacial score (nSPS) is 12.9. The number of aliphatic hydroxyl groups excluding tert-OH is 1. The molecule has 0 aliphatic rings.